The third-order valence-electron chi connectivity index (χ3n) is 7.48. The van der Waals surface area contributed by atoms with Gasteiger partial charge in [0.1, 0.15) is 17.0 Å². The molecule has 0 spiro atoms. The molecule has 1 aliphatic heterocycles. The first-order valence-electron chi connectivity index (χ1n) is 13.2. The third-order valence-corrected chi connectivity index (χ3v) is 8.01. The second-order valence-corrected chi connectivity index (χ2v) is 12.4. The van der Waals surface area contributed by atoms with Gasteiger partial charge in [0.05, 0.1) is 17.1 Å². The van der Waals surface area contributed by atoms with E-state index in [1.165, 1.54) is 29.2 Å². The molecule has 42 heavy (non-hydrogen) atoms. The van der Waals surface area contributed by atoms with Crippen LogP contribution in [0.5, 0.6) is 0 Å². The molecule has 8 nitrogen and oxygen atoms in total. The zero-order chi connectivity index (χ0) is 30.2. The van der Waals surface area contributed by atoms with Crippen LogP contribution >= 0.6 is 23.2 Å². The van der Waals surface area contributed by atoms with Gasteiger partial charge < -0.3 is 10.2 Å². The van der Waals surface area contributed by atoms with Gasteiger partial charge in [-0.3, -0.25) is 0 Å². The first-order chi connectivity index (χ1) is 19.9. The minimum Gasteiger partial charge on any atom is -0.315 e. The maximum atomic E-state index is 15.8. The van der Waals surface area contributed by atoms with Gasteiger partial charge in [-0.15, -0.1) is 10.2 Å². The van der Waals surface area contributed by atoms with Crippen LogP contribution in [0.3, 0.4) is 0 Å². The quantitative estimate of drug-likeness (QED) is 0.242. The Morgan fingerprint density at radius 1 is 1.17 bits per heavy atom. The van der Waals surface area contributed by atoms with Crippen LogP contribution in [0.15, 0.2) is 60.7 Å². The summed E-state index contributed by atoms with van der Waals surface area (Å²) in [6, 6.07) is 15.8. The van der Waals surface area contributed by atoms with E-state index in [2.05, 4.69) is 32.0 Å². The summed E-state index contributed by atoms with van der Waals surface area (Å²) >= 11 is 12.3. The molecule has 12 heteroatoms. The summed E-state index contributed by atoms with van der Waals surface area (Å²) in [4.78, 5) is 15.5. The number of H-pyrrole nitrogens is 1. The van der Waals surface area contributed by atoms with Crippen molar-refractivity contribution in [1.29, 1.82) is 5.26 Å². The molecule has 3 aromatic carbocycles. The second-order valence-electron chi connectivity index (χ2n) is 11.5. The Kier molecular flexibility index (Phi) is 7.92. The molecular formula is C30H27Cl2F2N7O. The van der Waals surface area contributed by atoms with E-state index in [0.717, 1.165) is 6.07 Å². The normalized spacial score (nSPS) is 20.4. The van der Waals surface area contributed by atoms with Crippen molar-refractivity contribution in [3.63, 3.8) is 0 Å². The fraction of sp³-hybridized carbons (Fsp3) is 0.300. The van der Waals surface area contributed by atoms with Crippen LogP contribution in [0.4, 0.5) is 19.3 Å². The van der Waals surface area contributed by atoms with Crippen molar-refractivity contribution in [2.75, 3.05) is 11.9 Å². The lowest BCUT2D eigenvalue weighted by Gasteiger charge is -2.38. The second kappa shape index (κ2) is 11.3. The Hall–Kier alpha value is -4.07. The van der Waals surface area contributed by atoms with Crippen LogP contribution in [-0.4, -0.2) is 38.1 Å². The van der Waals surface area contributed by atoms with E-state index in [4.69, 9.17) is 23.2 Å². The summed E-state index contributed by atoms with van der Waals surface area (Å²) in [6.45, 7) is 6.03. The highest BCUT2D eigenvalue weighted by atomic mass is 35.5. The van der Waals surface area contributed by atoms with Gasteiger partial charge in [0, 0.05) is 39.9 Å². The molecule has 1 saturated heterocycles. The van der Waals surface area contributed by atoms with Crippen molar-refractivity contribution in [3.8, 4) is 17.5 Å². The number of tetrazole rings is 1. The van der Waals surface area contributed by atoms with Crippen molar-refractivity contribution in [1.82, 2.24) is 25.5 Å². The molecule has 1 aliphatic rings. The maximum Gasteiger partial charge on any atom is 0.322 e. The lowest BCUT2D eigenvalue weighted by Crippen LogP contribution is -2.42. The summed E-state index contributed by atoms with van der Waals surface area (Å²) in [5.41, 5.74) is -0.962. The van der Waals surface area contributed by atoms with Gasteiger partial charge in [0.25, 0.3) is 0 Å². The summed E-state index contributed by atoms with van der Waals surface area (Å²) in [5, 5.41) is 27.7. The zero-order valence-electron chi connectivity index (χ0n) is 23.0. The number of carbonyl (C=O) groups is 1. The highest BCUT2D eigenvalue weighted by Crippen LogP contribution is 2.56. The average molecular weight is 610 g/mol. The number of hydrogen-bond acceptors (Lipinski definition) is 5. The van der Waals surface area contributed by atoms with E-state index in [0.29, 0.717) is 23.5 Å². The standard InChI is InChI=1S/C30H27Cl2F2N7O/c1-29(2,3)14-18-15-41(28(42)36-20-7-4-6-17(12-20)27-37-39-40-38-27)26(21-8-5-9-23(32)25(21)34)30(18,16-35)22-11-10-19(31)13-24(22)33/h4-13,18,26H,14-15H2,1-3H3,(H,36,42)(H,37,38,39,40)/t18-,26-,30?/m1/s1. The van der Waals surface area contributed by atoms with E-state index in [9.17, 15) is 10.1 Å². The number of urea groups is 1. The largest absolute Gasteiger partial charge is 0.322 e. The molecule has 0 bridgehead atoms. The number of nitrogens with one attached hydrogen (secondary N) is 2. The van der Waals surface area contributed by atoms with Gasteiger partial charge in [0.2, 0.25) is 5.82 Å². The molecule has 1 fully saturated rings. The number of halogens is 4. The number of hydrogen-bond donors (Lipinski definition) is 2. The fourth-order valence-corrected chi connectivity index (χ4v) is 6.23. The SMILES string of the molecule is CC(C)(C)C[C@@H]1CN(C(=O)Nc2cccc(-c3nn[nH]n3)c2)[C@H](c2cccc(Cl)c2F)C1(C#N)c1ccc(Cl)cc1F. The van der Waals surface area contributed by atoms with Crippen LogP contribution in [-0.2, 0) is 5.41 Å². The van der Waals surface area contributed by atoms with Crippen LogP contribution < -0.4 is 5.32 Å². The molecule has 216 valence electrons. The van der Waals surface area contributed by atoms with E-state index in [1.54, 1.807) is 30.3 Å². The monoisotopic (exact) mass is 609 g/mol. The summed E-state index contributed by atoms with van der Waals surface area (Å²) in [5.74, 6) is -1.76. The Bertz CT molecular complexity index is 1670. The molecule has 2 N–H and O–H groups in total. The molecule has 2 amide bonds. The number of amides is 2. The lowest BCUT2D eigenvalue weighted by molar-refractivity contribution is 0.198. The Morgan fingerprint density at radius 3 is 2.60 bits per heavy atom. The summed E-state index contributed by atoms with van der Waals surface area (Å²) in [6.07, 6.45) is 0.429. The van der Waals surface area contributed by atoms with Gasteiger partial charge in [-0.2, -0.15) is 10.5 Å². The maximum absolute atomic E-state index is 15.8. The highest BCUT2D eigenvalue weighted by Gasteiger charge is 2.60. The Labute approximate surface area is 251 Å². The number of carbonyl (C=O) groups excluding carboxylic acids is 1. The first kappa shape index (κ1) is 29.4. The zero-order valence-corrected chi connectivity index (χ0v) is 24.5. The predicted molar refractivity (Wildman–Crippen MR) is 156 cm³/mol. The summed E-state index contributed by atoms with van der Waals surface area (Å²) < 4.78 is 31.6. The number of benzene rings is 3. The molecule has 5 rings (SSSR count). The molecule has 1 unspecified atom stereocenters. The minimum atomic E-state index is -1.68. The Morgan fingerprint density at radius 2 is 1.93 bits per heavy atom. The van der Waals surface area contributed by atoms with Crippen molar-refractivity contribution in [2.24, 2.45) is 11.3 Å². The predicted octanol–water partition coefficient (Wildman–Crippen LogP) is 7.55. The first-order valence-corrected chi connectivity index (χ1v) is 13.9. The number of aromatic amines is 1. The Balaban J connectivity index is 1.67. The molecular weight excluding hydrogens is 583 g/mol. The van der Waals surface area contributed by atoms with E-state index >= 15 is 8.78 Å². The van der Waals surface area contributed by atoms with Gasteiger partial charge >= 0.3 is 6.03 Å². The topological polar surface area (TPSA) is 111 Å². The number of aromatic nitrogens is 4. The van der Waals surface area contributed by atoms with Crippen molar-refractivity contribution in [2.45, 2.75) is 38.6 Å². The molecule has 0 aliphatic carbocycles. The van der Waals surface area contributed by atoms with Crippen LogP contribution in [0.25, 0.3) is 11.4 Å². The van der Waals surface area contributed by atoms with Gasteiger partial charge in [-0.1, -0.05) is 74.3 Å². The van der Waals surface area contributed by atoms with Gasteiger partial charge in [-0.05, 0) is 47.4 Å². The fourth-order valence-electron chi connectivity index (χ4n) is 5.89. The molecule has 2 heterocycles. The number of likely N-dealkylation sites (tertiary alicyclic amines) is 1. The van der Waals surface area contributed by atoms with Crippen molar-refractivity contribution >= 4 is 34.9 Å². The molecule has 1 aromatic heterocycles. The van der Waals surface area contributed by atoms with E-state index in [1.807, 2.05) is 20.8 Å². The van der Waals surface area contributed by atoms with Crippen LogP contribution in [0, 0.1) is 34.3 Å². The van der Waals surface area contributed by atoms with Crippen LogP contribution in [0.2, 0.25) is 10.0 Å². The molecule has 0 radical (unpaired) electrons. The molecule has 0 saturated carbocycles. The number of nitrogens with zero attached hydrogens (tertiary/aromatic N) is 5. The molecule has 3 atom stereocenters. The number of anilines is 1. The molecule has 4 aromatic rings. The van der Waals surface area contributed by atoms with Crippen LogP contribution in [0.1, 0.15) is 44.4 Å². The van der Waals surface area contributed by atoms with Gasteiger partial charge in [-0.25, -0.2) is 13.6 Å². The number of nitriles is 1. The third kappa shape index (κ3) is 5.42. The van der Waals surface area contributed by atoms with Crippen molar-refractivity contribution in [3.05, 3.63) is 93.5 Å². The van der Waals surface area contributed by atoms with E-state index in [-0.39, 0.29) is 33.1 Å². The number of rotatable bonds is 5. The lowest BCUT2D eigenvalue weighted by atomic mass is 9.63. The van der Waals surface area contributed by atoms with Crippen molar-refractivity contribution < 1.29 is 13.6 Å². The average Bonchev–Trinajstić information content (AvgIpc) is 3.57. The summed E-state index contributed by atoms with van der Waals surface area (Å²) in [7, 11) is 0. The smallest absolute Gasteiger partial charge is 0.315 e. The highest BCUT2D eigenvalue weighted by molar-refractivity contribution is 6.31. The minimum absolute atomic E-state index is 0.00510. The van der Waals surface area contributed by atoms with E-state index < -0.39 is 35.0 Å². The van der Waals surface area contributed by atoms with Gasteiger partial charge in [0.15, 0.2) is 0 Å².